The van der Waals surface area contributed by atoms with Crippen LogP contribution in [0.2, 0.25) is 0 Å². The molecule has 0 saturated carbocycles. The van der Waals surface area contributed by atoms with Gasteiger partial charge in [-0.2, -0.15) is 0 Å². The third-order valence-corrected chi connectivity index (χ3v) is 2.74. The summed E-state index contributed by atoms with van der Waals surface area (Å²) < 4.78 is 0. The van der Waals surface area contributed by atoms with Gasteiger partial charge in [0.2, 0.25) is 5.91 Å². The first kappa shape index (κ1) is 14.2. The first-order valence-corrected chi connectivity index (χ1v) is 5.70. The first-order chi connectivity index (χ1) is 8.12. The fourth-order valence-corrected chi connectivity index (χ4v) is 1.36. The van der Waals surface area contributed by atoms with Gasteiger partial charge in [-0.3, -0.25) is 14.9 Å². The van der Waals surface area contributed by atoms with Crippen molar-refractivity contribution in [2.24, 2.45) is 5.41 Å². The summed E-state index contributed by atoms with van der Waals surface area (Å²) in [6.07, 6.45) is 0. The Morgan fingerprint density at radius 3 is 2.17 bits per heavy atom. The van der Waals surface area contributed by atoms with Gasteiger partial charge in [-0.1, -0.05) is 20.8 Å². The molecule has 5 heteroatoms. The molecule has 0 radical (unpaired) electrons. The maximum Gasteiger partial charge on any atom is 0.293 e. The van der Waals surface area contributed by atoms with Crippen LogP contribution >= 0.6 is 0 Å². The quantitative estimate of drug-likeness (QED) is 0.647. The first-order valence-electron chi connectivity index (χ1n) is 5.70. The summed E-state index contributed by atoms with van der Waals surface area (Å²) in [6, 6.07) is 3.12. The van der Waals surface area contributed by atoms with Gasteiger partial charge >= 0.3 is 0 Å². The molecule has 0 aliphatic carbocycles. The number of benzene rings is 1. The van der Waals surface area contributed by atoms with E-state index < -0.39 is 10.3 Å². The van der Waals surface area contributed by atoms with Gasteiger partial charge in [0.1, 0.15) is 5.69 Å². The Bertz CT molecular complexity index is 502. The summed E-state index contributed by atoms with van der Waals surface area (Å²) in [5, 5.41) is 13.6. The predicted molar refractivity (Wildman–Crippen MR) is 70.7 cm³/mol. The van der Waals surface area contributed by atoms with Gasteiger partial charge < -0.3 is 5.32 Å². The highest BCUT2D eigenvalue weighted by Gasteiger charge is 2.24. The van der Waals surface area contributed by atoms with Crippen LogP contribution in [0.25, 0.3) is 0 Å². The summed E-state index contributed by atoms with van der Waals surface area (Å²) in [6.45, 7) is 8.93. The van der Waals surface area contributed by atoms with E-state index in [2.05, 4.69) is 5.32 Å². The van der Waals surface area contributed by atoms with Crippen LogP contribution < -0.4 is 5.32 Å². The molecule has 0 unspecified atom stereocenters. The van der Waals surface area contributed by atoms with Gasteiger partial charge in [0.15, 0.2) is 0 Å². The van der Waals surface area contributed by atoms with Crippen molar-refractivity contribution < 1.29 is 9.72 Å². The number of nitrogens with zero attached hydrogens (tertiary/aromatic N) is 1. The molecule has 0 fully saturated rings. The molecule has 98 valence electrons. The van der Waals surface area contributed by atoms with Crippen LogP contribution in [0.4, 0.5) is 11.4 Å². The second-order valence-corrected chi connectivity index (χ2v) is 5.41. The van der Waals surface area contributed by atoms with E-state index in [0.717, 1.165) is 11.1 Å². The maximum absolute atomic E-state index is 11.9. The largest absolute Gasteiger partial charge is 0.320 e. The number of nitro groups is 1. The van der Waals surface area contributed by atoms with Crippen molar-refractivity contribution in [2.75, 3.05) is 5.32 Å². The Morgan fingerprint density at radius 1 is 1.22 bits per heavy atom. The van der Waals surface area contributed by atoms with Crippen molar-refractivity contribution in [3.8, 4) is 0 Å². The number of carbonyl (C=O) groups is 1. The number of hydrogen-bond acceptors (Lipinski definition) is 3. The van der Waals surface area contributed by atoms with Crippen LogP contribution in [-0.4, -0.2) is 10.8 Å². The molecule has 0 bridgehead atoms. The minimum absolute atomic E-state index is 0.0734. The third-order valence-electron chi connectivity index (χ3n) is 2.74. The smallest absolute Gasteiger partial charge is 0.293 e. The molecule has 5 nitrogen and oxygen atoms in total. The molecule has 0 saturated heterocycles. The van der Waals surface area contributed by atoms with Crippen LogP contribution in [0.3, 0.4) is 0 Å². The number of amides is 1. The van der Waals surface area contributed by atoms with E-state index in [-0.39, 0.29) is 17.3 Å². The topological polar surface area (TPSA) is 72.2 Å². The van der Waals surface area contributed by atoms with Gasteiger partial charge in [-0.05, 0) is 31.0 Å². The van der Waals surface area contributed by atoms with Gasteiger partial charge in [0, 0.05) is 11.5 Å². The van der Waals surface area contributed by atoms with E-state index in [4.69, 9.17) is 0 Å². The normalized spacial score (nSPS) is 11.2. The van der Waals surface area contributed by atoms with E-state index in [9.17, 15) is 14.9 Å². The van der Waals surface area contributed by atoms with Gasteiger partial charge in [0.05, 0.1) is 4.92 Å². The summed E-state index contributed by atoms with van der Waals surface area (Å²) in [7, 11) is 0. The van der Waals surface area contributed by atoms with E-state index in [1.54, 1.807) is 33.8 Å². The minimum atomic E-state index is -0.591. The second kappa shape index (κ2) is 4.76. The van der Waals surface area contributed by atoms with E-state index in [1.807, 2.05) is 6.92 Å². The van der Waals surface area contributed by atoms with Crippen LogP contribution in [-0.2, 0) is 4.79 Å². The predicted octanol–water partition coefficient (Wildman–Crippen LogP) is 3.20. The molecule has 1 rings (SSSR count). The van der Waals surface area contributed by atoms with Crippen LogP contribution in [0.5, 0.6) is 0 Å². The molecule has 0 aliphatic heterocycles. The van der Waals surface area contributed by atoms with Crippen molar-refractivity contribution in [3.05, 3.63) is 33.4 Å². The second-order valence-electron chi connectivity index (χ2n) is 5.41. The zero-order valence-corrected chi connectivity index (χ0v) is 11.3. The summed E-state index contributed by atoms with van der Waals surface area (Å²) in [4.78, 5) is 22.4. The van der Waals surface area contributed by atoms with Crippen LogP contribution in [0.1, 0.15) is 31.9 Å². The van der Waals surface area contributed by atoms with E-state index in [0.29, 0.717) is 0 Å². The zero-order chi connectivity index (χ0) is 14.1. The molecule has 1 amide bonds. The molecule has 0 spiro atoms. The maximum atomic E-state index is 11.9. The summed E-state index contributed by atoms with van der Waals surface area (Å²) in [5.74, 6) is -0.242. The fourth-order valence-electron chi connectivity index (χ4n) is 1.36. The van der Waals surface area contributed by atoms with Gasteiger partial charge in [0.25, 0.3) is 5.69 Å². The van der Waals surface area contributed by atoms with Gasteiger partial charge in [-0.15, -0.1) is 0 Å². The Kier molecular flexibility index (Phi) is 3.74. The number of rotatable bonds is 2. The highest BCUT2D eigenvalue weighted by Crippen LogP contribution is 2.29. The molecule has 0 aromatic heterocycles. The van der Waals surface area contributed by atoms with Crippen LogP contribution in [0, 0.1) is 29.4 Å². The minimum Gasteiger partial charge on any atom is -0.320 e. The average molecular weight is 250 g/mol. The van der Waals surface area contributed by atoms with Gasteiger partial charge in [-0.25, -0.2) is 0 Å². The molecule has 0 aliphatic rings. The lowest BCUT2D eigenvalue weighted by atomic mass is 9.95. The lowest BCUT2D eigenvalue weighted by molar-refractivity contribution is -0.384. The molecule has 18 heavy (non-hydrogen) atoms. The van der Waals surface area contributed by atoms with Crippen LogP contribution in [0.15, 0.2) is 12.1 Å². The zero-order valence-electron chi connectivity index (χ0n) is 11.3. The number of aryl methyl sites for hydroxylation is 2. The molecular weight excluding hydrogens is 232 g/mol. The highest BCUT2D eigenvalue weighted by atomic mass is 16.6. The monoisotopic (exact) mass is 250 g/mol. The number of anilines is 1. The molecule has 1 N–H and O–H groups in total. The van der Waals surface area contributed by atoms with Crippen molar-refractivity contribution in [1.82, 2.24) is 0 Å². The van der Waals surface area contributed by atoms with Crippen molar-refractivity contribution in [2.45, 2.75) is 34.6 Å². The van der Waals surface area contributed by atoms with Crippen molar-refractivity contribution in [3.63, 3.8) is 0 Å². The Hall–Kier alpha value is -1.91. The Balaban J connectivity index is 3.20. The number of nitrogens with one attached hydrogen (secondary N) is 1. The third kappa shape index (κ3) is 3.06. The summed E-state index contributed by atoms with van der Waals surface area (Å²) in [5.41, 5.74) is 1.33. The highest BCUT2D eigenvalue weighted by molar-refractivity contribution is 5.96. The molecule has 1 aromatic carbocycles. The molecule has 1 aromatic rings. The number of nitro benzene ring substituents is 1. The van der Waals surface area contributed by atoms with Crippen molar-refractivity contribution in [1.29, 1.82) is 0 Å². The summed E-state index contributed by atoms with van der Waals surface area (Å²) >= 11 is 0. The molecule has 0 heterocycles. The Morgan fingerprint density at radius 2 is 1.72 bits per heavy atom. The molecular formula is C13H18N2O3. The lowest BCUT2D eigenvalue weighted by Crippen LogP contribution is -2.28. The van der Waals surface area contributed by atoms with E-state index in [1.165, 1.54) is 6.07 Å². The fraction of sp³-hybridized carbons (Fsp3) is 0.462. The lowest BCUT2D eigenvalue weighted by Gasteiger charge is -2.18. The average Bonchev–Trinajstić information content (AvgIpc) is 2.21. The van der Waals surface area contributed by atoms with Crippen molar-refractivity contribution >= 4 is 17.3 Å². The SMILES string of the molecule is Cc1cc(NC(=O)C(C)(C)C)c([N+](=O)[O-])cc1C. The van der Waals surface area contributed by atoms with E-state index >= 15 is 0 Å². The molecule has 0 atom stereocenters. The Labute approximate surface area is 106 Å². The standard InChI is InChI=1S/C13H18N2O3/c1-8-6-10(14-12(16)13(3,4)5)11(15(17)18)7-9(8)2/h6-7H,1-5H3,(H,14,16). The number of carbonyl (C=O) groups excluding carboxylic acids is 1. The number of hydrogen-bond donors (Lipinski definition) is 1.